The molecule has 1 aromatic heterocycles. The Morgan fingerprint density at radius 3 is 2.95 bits per heavy atom. The number of amides is 1. The summed E-state index contributed by atoms with van der Waals surface area (Å²) in [5.41, 5.74) is 0. The predicted octanol–water partition coefficient (Wildman–Crippen LogP) is 3.23. The maximum Gasteiger partial charge on any atom is 0.236 e. The molecule has 106 valence electrons. The van der Waals surface area contributed by atoms with Gasteiger partial charge in [0.25, 0.3) is 0 Å². The molecule has 1 unspecified atom stereocenters. The summed E-state index contributed by atoms with van der Waals surface area (Å²) in [6.45, 7) is 4.33. The molecule has 0 spiro atoms. The molecule has 0 aliphatic carbocycles. The summed E-state index contributed by atoms with van der Waals surface area (Å²) in [6.07, 6.45) is 3.52. The highest BCUT2D eigenvalue weighted by atomic mass is 35.5. The quantitative estimate of drug-likeness (QED) is 0.852. The van der Waals surface area contributed by atoms with E-state index in [1.165, 1.54) is 11.3 Å². The van der Waals surface area contributed by atoms with Gasteiger partial charge < -0.3 is 4.90 Å². The van der Waals surface area contributed by atoms with Crippen LogP contribution in [-0.2, 0) is 11.3 Å². The molecule has 1 atom stereocenters. The van der Waals surface area contributed by atoms with Gasteiger partial charge in [-0.15, -0.1) is 11.3 Å². The van der Waals surface area contributed by atoms with Crippen LogP contribution in [-0.4, -0.2) is 41.9 Å². The van der Waals surface area contributed by atoms with E-state index in [-0.39, 0.29) is 5.91 Å². The lowest BCUT2D eigenvalue weighted by atomic mass is 10.0. The first-order valence-electron chi connectivity index (χ1n) is 6.78. The largest absolute Gasteiger partial charge is 0.339 e. The summed E-state index contributed by atoms with van der Waals surface area (Å²) in [5, 5.41) is 0. The van der Waals surface area contributed by atoms with Crippen LogP contribution >= 0.6 is 22.9 Å². The molecule has 1 aliphatic rings. The molecule has 0 bridgehead atoms. The molecular weight excluding hydrogens is 280 g/mol. The van der Waals surface area contributed by atoms with Gasteiger partial charge in [0.05, 0.1) is 10.9 Å². The Labute approximate surface area is 124 Å². The van der Waals surface area contributed by atoms with E-state index in [4.69, 9.17) is 11.6 Å². The van der Waals surface area contributed by atoms with Crippen LogP contribution in [0.25, 0.3) is 0 Å². The lowest BCUT2D eigenvalue weighted by Crippen LogP contribution is -2.46. The molecule has 1 fully saturated rings. The van der Waals surface area contributed by atoms with E-state index in [1.54, 1.807) is 11.3 Å². The third-order valence-electron chi connectivity index (χ3n) is 3.58. The Hall–Kier alpha value is -0.580. The highest BCUT2D eigenvalue weighted by molar-refractivity contribution is 7.16. The van der Waals surface area contributed by atoms with Gasteiger partial charge in [-0.05, 0) is 45.4 Å². The second-order valence-electron chi connectivity index (χ2n) is 5.31. The molecule has 2 rings (SSSR count). The second kappa shape index (κ2) is 6.73. The van der Waals surface area contributed by atoms with Crippen molar-refractivity contribution in [1.29, 1.82) is 0 Å². The van der Waals surface area contributed by atoms with E-state index in [0.717, 1.165) is 30.3 Å². The SMILES string of the molecule is CC1CCCCN1C(=O)CN(C)Cc1ccc(Cl)s1. The number of carbonyl (C=O) groups is 1. The number of nitrogens with zero attached hydrogens (tertiary/aromatic N) is 2. The smallest absolute Gasteiger partial charge is 0.236 e. The van der Waals surface area contributed by atoms with Crippen molar-refractivity contribution in [3.63, 3.8) is 0 Å². The van der Waals surface area contributed by atoms with Gasteiger partial charge in [-0.25, -0.2) is 0 Å². The van der Waals surface area contributed by atoms with Crippen LogP contribution in [0.15, 0.2) is 12.1 Å². The Morgan fingerprint density at radius 1 is 1.53 bits per heavy atom. The number of likely N-dealkylation sites (N-methyl/N-ethyl adjacent to an activating group) is 1. The van der Waals surface area contributed by atoms with E-state index >= 15 is 0 Å². The average molecular weight is 301 g/mol. The fourth-order valence-corrected chi connectivity index (χ4v) is 3.72. The van der Waals surface area contributed by atoms with Crippen molar-refractivity contribution in [1.82, 2.24) is 9.80 Å². The summed E-state index contributed by atoms with van der Waals surface area (Å²) >= 11 is 7.49. The Balaban J connectivity index is 1.84. The number of piperidine rings is 1. The first-order chi connectivity index (χ1) is 9.06. The monoisotopic (exact) mass is 300 g/mol. The molecule has 1 aliphatic heterocycles. The van der Waals surface area contributed by atoms with Crippen LogP contribution in [0.2, 0.25) is 4.34 Å². The topological polar surface area (TPSA) is 23.6 Å². The molecule has 1 aromatic rings. The molecule has 5 heteroatoms. The van der Waals surface area contributed by atoms with Crippen LogP contribution in [0.5, 0.6) is 0 Å². The van der Waals surface area contributed by atoms with E-state index in [0.29, 0.717) is 12.6 Å². The standard InChI is InChI=1S/C14H21ClN2OS/c1-11-5-3-4-8-17(11)14(18)10-16(2)9-12-6-7-13(15)19-12/h6-7,11H,3-5,8-10H2,1-2H3. The van der Waals surface area contributed by atoms with Gasteiger partial charge in [-0.2, -0.15) is 0 Å². The minimum atomic E-state index is 0.248. The van der Waals surface area contributed by atoms with Crippen LogP contribution in [0, 0.1) is 0 Å². The number of rotatable bonds is 4. The molecular formula is C14H21ClN2OS. The first-order valence-corrected chi connectivity index (χ1v) is 7.98. The van der Waals surface area contributed by atoms with Crippen molar-refractivity contribution >= 4 is 28.8 Å². The van der Waals surface area contributed by atoms with Crippen LogP contribution in [0.1, 0.15) is 31.1 Å². The Bertz CT molecular complexity index is 435. The molecule has 1 amide bonds. The highest BCUT2D eigenvalue weighted by Gasteiger charge is 2.23. The fraction of sp³-hybridized carbons (Fsp3) is 0.643. The molecule has 0 aromatic carbocycles. The predicted molar refractivity (Wildman–Crippen MR) is 80.7 cm³/mol. The van der Waals surface area contributed by atoms with Gasteiger partial charge in [0.1, 0.15) is 0 Å². The van der Waals surface area contributed by atoms with E-state index < -0.39 is 0 Å². The van der Waals surface area contributed by atoms with Gasteiger partial charge in [0.2, 0.25) is 5.91 Å². The van der Waals surface area contributed by atoms with Crippen molar-refractivity contribution in [3.8, 4) is 0 Å². The van der Waals surface area contributed by atoms with Gasteiger partial charge in [-0.1, -0.05) is 11.6 Å². The van der Waals surface area contributed by atoms with E-state index in [2.05, 4.69) is 11.8 Å². The number of hydrogen-bond acceptors (Lipinski definition) is 3. The normalized spacial score (nSPS) is 20.0. The summed E-state index contributed by atoms with van der Waals surface area (Å²) in [5.74, 6) is 0.248. The molecule has 0 N–H and O–H groups in total. The molecule has 19 heavy (non-hydrogen) atoms. The van der Waals surface area contributed by atoms with Gasteiger partial charge in [0, 0.05) is 24.0 Å². The van der Waals surface area contributed by atoms with Crippen LogP contribution in [0.4, 0.5) is 0 Å². The van der Waals surface area contributed by atoms with Crippen molar-refractivity contribution in [3.05, 3.63) is 21.3 Å². The number of carbonyl (C=O) groups excluding carboxylic acids is 1. The summed E-state index contributed by atoms with van der Waals surface area (Å²) < 4.78 is 0.805. The number of halogens is 1. The maximum atomic E-state index is 12.3. The van der Waals surface area contributed by atoms with Gasteiger partial charge in [-0.3, -0.25) is 9.69 Å². The zero-order valence-electron chi connectivity index (χ0n) is 11.6. The summed E-state index contributed by atoms with van der Waals surface area (Å²) in [4.78, 5) is 17.6. The lowest BCUT2D eigenvalue weighted by Gasteiger charge is -2.34. The Kier molecular flexibility index (Phi) is 5.25. The summed E-state index contributed by atoms with van der Waals surface area (Å²) in [6, 6.07) is 4.33. The minimum Gasteiger partial charge on any atom is -0.339 e. The van der Waals surface area contributed by atoms with Gasteiger partial charge >= 0.3 is 0 Å². The average Bonchev–Trinajstić information content (AvgIpc) is 2.74. The molecule has 0 radical (unpaired) electrons. The van der Waals surface area contributed by atoms with E-state index in [1.807, 2.05) is 24.1 Å². The molecule has 1 saturated heterocycles. The molecule has 2 heterocycles. The highest BCUT2D eigenvalue weighted by Crippen LogP contribution is 2.22. The Morgan fingerprint density at radius 2 is 2.32 bits per heavy atom. The zero-order chi connectivity index (χ0) is 13.8. The van der Waals surface area contributed by atoms with Crippen molar-refractivity contribution in [2.75, 3.05) is 20.1 Å². The third kappa shape index (κ3) is 4.20. The zero-order valence-corrected chi connectivity index (χ0v) is 13.1. The summed E-state index contributed by atoms with van der Waals surface area (Å²) in [7, 11) is 1.99. The van der Waals surface area contributed by atoms with Crippen LogP contribution in [0.3, 0.4) is 0 Å². The van der Waals surface area contributed by atoms with Crippen molar-refractivity contribution in [2.24, 2.45) is 0 Å². The number of likely N-dealkylation sites (tertiary alicyclic amines) is 1. The minimum absolute atomic E-state index is 0.248. The number of thiophene rings is 1. The fourth-order valence-electron chi connectivity index (χ4n) is 2.55. The second-order valence-corrected chi connectivity index (χ2v) is 7.11. The van der Waals surface area contributed by atoms with Gasteiger partial charge in [0.15, 0.2) is 0 Å². The molecule has 3 nitrogen and oxygen atoms in total. The third-order valence-corrected chi connectivity index (χ3v) is 4.80. The lowest BCUT2D eigenvalue weighted by molar-refractivity contribution is -0.135. The molecule has 0 saturated carbocycles. The van der Waals surface area contributed by atoms with Crippen molar-refractivity contribution < 1.29 is 4.79 Å². The van der Waals surface area contributed by atoms with Crippen molar-refractivity contribution in [2.45, 2.75) is 38.8 Å². The van der Waals surface area contributed by atoms with Crippen LogP contribution < -0.4 is 0 Å². The van der Waals surface area contributed by atoms with E-state index in [9.17, 15) is 4.79 Å². The number of hydrogen-bond donors (Lipinski definition) is 0. The maximum absolute atomic E-state index is 12.3. The first kappa shape index (κ1) is 14.8.